The summed E-state index contributed by atoms with van der Waals surface area (Å²) in [6, 6.07) is 8.86. The Labute approximate surface area is 121 Å². The van der Waals surface area contributed by atoms with Gasteiger partial charge >= 0.3 is 5.97 Å². The summed E-state index contributed by atoms with van der Waals surface area (Å²) in [5.41, 5.74) is 2.28. The van der Waals surface area contributed by atoms with Crippen LogP contribution in [-0.2, 0) is 23.6 Å². The Morgan fingerprint density at radius 1 is 1.14 bits per heavy atom. The van der Waals surface area contributed by atoms with Crippen LogP contribution in [-0.4, -0.2) is 11.1 Å². The predicted molar refractivity (Wildman–Crippen MR) is 76.7 cm³/mol. The standard InChI is InChI=1S/C17H16F2O2/c18-17(19,10-2-5-15(20)21)14-9-8-12-7-6-11-3-1-4-13(14)16(11)12/h1,3-4,8-9H,2,5-7,10H2,(H,20,21). The van der Waals surface area contributed by atoms with Gasteiger partial charge in [-0.2, -0.15) is 0 Å². The molecule has 0 amide bonds. The van der Waals surface area contributed by atoms with Gasteiger partial charge in [0, 0.05) is 18.4 Å². The number of aliphatic carboxylic acids is 1. The minimum Gasteiger partial charge on any atom is -0.481 e. The van der Waals surface area contributed by atoms with E-state index in [-0.39, 0.29) is 18.4 Å². The number of aryl methyl sites for hydroxylation is 2. The summed E-state index contributed by atoms with van der Waals surface area (Å²) in [5, 5.41) is 10.2. The van der Waals surface area contributed by atoms with E-state index in [1.807, 2.05) is 12.1 Å². The first kappa shape index (κ1) is 14.0. The van der Waals surface area contributed by atoms with Gasteiger partial charge in [-0.15, -0.1) is 0 Å². The highest BCUT2D eigenvalue weighted by molar-refractivity contribution is 5.93. The summed E-state index contributed by atoms with van der Waals surface area (Å²) in [6.45, 7) is 0. The van der Waals surface area contributed by atoms with Crippen molar-refractivity contribution in [3.63, 3.8) is 0 Å². The monoisotopic (exact) mass is 290 g/mol. The molecule has 21 heavy (non-hydrogen) atoms. The zero-order valence-electron chi connectivity index (χ0n) is 11.5. The molecule has 110 valence electrons. The van der Waals surface area contributed by atoms with Gasteiger partial charge in [0.2, 0.25) is 0 Å². The number of carboxylic acid groups (broad SMARTS) is 1. The molecule has 0 spiro atoms. The second-order valence-corrected chi connectivity index (χ2v) is 5.56. The molecule has 1 N–H and O–H groups in total. The molecule has 0 fully saturated rings. The molecule has 0 unspecified atom stereocenters. The van der Waals surface area contributed by atoms with Crippen molar-refractivity contribution in [1.29, 1.82) is 0 Å². The third-order valence-corrected chi connectivity index (χ3v) is 4.15. The molecule has 2 aromatic carbocycles. The molecule has 0 saturated carbocycles. The zero-order chi connectivity index (χ0) is 15.0. The van der Waals surface area contributed by atoms with Crippen molar-refractivity contribution in [3.8, 4) is 0 Å². The highest BCUT2D eigenvalue weighted by Crippen LogP contribution is 2.41. The van der Waals surface area contributed by atoms with Gasteiger partial charge in [0.25, 0.3) is 5.92 Å². The molecule has 1 aliphatic carbocycles. The molecule has 0 heterocycles. The predicted octanol–water partition coefficient (Wildman–Crippen LogP) is 4.29. The first-order valence-corrected chi connectivity index (χ1v) is 7.12. The van der Waals surface area contributed by atoms with Crippen LogP contribution in [0.5, 0.6) is 0 Å². The molecule has 0 radical (unpaired) electrons. The quantitative estimate of drug-likeness (QED) is 0.892. The summed E-state index contributed by atoms with van der Waals surface area (Å²) in [6.07, 6.45) is 1.13. The fraction of sp³-hybridized carbons (Fsp3) is 0.353. The Morgan fingerprint density at radius 3 is 2.57 bits per heavy atom. The molecule has 3 rings (SSSR count). The molecule has 0 atom stereocenters. The van der Waals surface area contributed by atoms with Crippen LogP contribution in [0, 0.1) is 0 Å². The number of halogens is 2. The van der Waals surface area contributed by atoms with Gasteiger partial charge in [-0.05, 0) is 41.2 Å². The molecule has 0 saturated heterocycles. The van der Waals surface area contributed by atoms with E-state index in [9.17, 15) is 13.6 Å². The highest BCUT2D eigenvalue weighted by atomic mass is 19.3. The Bertz CT molecular complexity index is 697. The first-order valence-electron chi connectivity index (χ1n) is 7.12. The second kappa shape index (κ2) is 5.10. The van der Waals surface area contributed by atoms with Gasteiger partial charge in [0.1, 0.15) is 0 Å². The largest absolute Gasteiger partial charge is 0.481 e. The van der Waals surface area contributed by atoms with Crippen molar-refractivity contribution in [1.82, 2.24) is 0 Å². The number of carbonyl (C=O) groups is 1. The Hall–Kier alpha value is -1.97. The lowest BCUT2D eigenvalue weighted by molar-refractivity contribution is -0.137. The van der Waals surface area contributed by atoms with E-state index in [1.165, 1.54) is 6.07 Å². The van der Waals surface area contributed by atoms with Gasteiger partial charge in [-0.25, -0.2) is 8.78 Å². The van der Waals surface area contributed by atoms with Gasteiger partial charge in [-0.3, -0.25) is 4.79 Å². The first-order chi connectivity index (χ1) is 9.99. The third kappa shape index (κ3) is 2.50. The number of hydrogen-bond acceptors (Lipinski definition) is 1. The van der Waals surface area contributed by atoms with E-state index >= 15 is 0 Å². The second-order valence-electron chi connectivity index (χ2n) is 5.56. The van der Waals surface area contributed by atoms with Gasteiger partial charge in [-0.1, -0.05) is 30.3 Å². The van der Waals surface area contributed by atoms with Crippen molar-refractivity contribution in [2.45, 2.75) is 38.0 Å². The normalized spacial score (nSPS) is 13.8. The van der Waals surface area contributed by atoms with Gasteiger partial charge in [0.15, 0.2) is 0 Å². The zero-order valence-corrected chi connectivity index (χ0v) is 11.5. The number of alkyl halides is 2. The van der Waals surface area contributed by atoms with E-state index in [0.717, 1.165) is 29.4 Å². The topological polar surface area (TPSA) is 37.3 Å². The van der Waals surface area contributed by atoms with Crippen LogP contribution >= 0.6 is 0 Å². The third-order valence-electron chi connectivity index (χ3n) is 4.15. The lowest BCUT2D eigenvalue weighted by Gasteiger charge is -2.19. The van der Waals surface area contributed by atoms with Crippen LogP contribution in [0.1, 0.15) is 36.0 Å². The van der Waals surface area contributed by atoms with Crippen LogP contribution < -0.4 is 0 Å². The van der Waals surface area contributed by atoms with Crippen molar-refractivity contribution < 1.29 is 18.7 Å². The number of benzene rings is 2. The minimum atomic E-state index is -2.99. The van der Waals surface area contributed by atoms with E-state index in [1.54, 1.807) is 12.1 Å². The SMILES string of the molecule is O=C(O)CCCC(F)(F)c1ccc2c3c(cccc13)CC2. The van der Waals surface area contributed by atoms with E-state index in [4.69, 9.17) is 5.11 Å². The summed E-state index contributed by atoms with van der Waals surface area (Å²) in [4.78, 5) is 10.5. The summed E-state index contributed by atoms with van der Waals surface area (Å²) < 4.78 is 28.9. The van der Waals surface area contributed by atoms with Crippen molar-refractivity contribution in [2.75, 3.05) is 0 Å². The lowest BCUT2D eigenvalue weighted by atomic mass is 9.94. The van der Waals surface area contributed by atoms with Crippen LogP contribution in [0.2, 0.25) is 0 Å². The molecule has 0 bridgehead atoms. The lowest BCUT2D eigenvalue weighted by Crippen LogP contribution is -2.14. The van der Waals surface area contributed by atoms with Gasteiger partial charge in [0.05, 0.1) is 0 Å². The van der Waals surface area contributed by atoms with E-state index in [0.29, 0.717) is 5.39 Å². The molecule has 4 heteroatoms. The maximum atomic E-state index is 14.4. The Morgan fingerprint density at radius 2 is 1.86 bits per heavy atom. The van der Waals surface area contributed by atoms with E-state index in [2.05, 4.69) is 0 Å². The smallest absolute Gasteiger partial charge is 0.303 e. The van der Waals surface area contributed by atoms with Crippen molar-refractivity contribution >= 4 is 16.7 Å². The fourth-order valence-corrected chi connectivity index (χ4v) is 3.16. The summed E-state index contributed by atoms with van der Waals surface area (Å²) >= 11 is 0. The molecule has 2 aromatic rings. The summed E-state index contributed by atoms with van der Waals surface area (Å²) in [5.74, 6) is -4.03. The van der Waals surface area contributed by atoms with Gasteiger partial charge < -0.3 is 5.11 Å². The minimum absolute atomic E-state index is 0.0226. The average Bonchev–Trinajstić information content (AvgIpc) is 2.84. The molecule has 1 aliphatic rings. The molecule has 0 aliphatic heterocycles. The van der Waals surface area contributed by atoms with E-state index < -0.39 is 18.3 Å². The molecular formula is C17H16F2O2. The van der Waals surface area contributed by atoms with Crippen LogP contribution in [0.25, 0.3) is 10.8 Å². The van der Waals surface area contributed by atoms with Crippen LogP contribution in [0.15, 0.2) is 30.3 Å². The van der Waals surface area contributed by atoms with Crippen LogP contribution in [0.4, 0.5) is 8.78 Å². The average molecular weight is 290 g/mol. The maximum absolute atomic E-state index is 14.4. The molecular weight excluding hydrogens is 274 g/mol. The Balaban J connectivity index is 1.99. The van der Waals surface area contributed by atoms with Crippen molar-refractivity contribution in [3.05, 3.63) is 47.0 Å². The highest BCUT2D eigenvalue weighted by Gasteiger charge is 2.34. The summed E-state index contributed by atoms with van der Waals surface area (Å²) in [7, 11) is 0. The molecule has 2 nitrogen and oxygen atoms in total. The number of hydrogen-bond donors (Lipinski definition) is 1. The fourth-order valence-electron chi connectivity index (χ4n) is 3.16. The van der Waals surface area contributed by atoms with Crippen molar-refractivity contribution in [2.24, 2.45) is 0 Å². The number of rotatable bonds is 5. The number of carboxylic acids is 1. The van der Waals surface area contributed by atoms with Crippen LogP contribution in [0.3, 0.4) is 0 Å². The Kier molecular flexibility index (Phi) is 3.40. The molecule has 0 aromatic heterocycles. The maximum Gasteiger partial charge on any atom is 0.303 e.